The molecule has 3 rings (SSSR count). The number of amides is 1. The van der Waals surface area contributed by atoms with Gasteiger partial charge in [0.15, 0.2) is 0 Å². The maximum absolute atomic E-state index is 11.1. The number of hydrogen-bond donors (Lipinski definition) is 1. The molecule has 1 unspecified atom stereocenters. The fraction of sp³-hybridized carbons (Fsp3) is 0.278. The van der Waals surface area contributed by atoms with Gasteiger partial charge in [-0.15, -0.1) is 0 Å². The van der Waals surface area contributed by atoms with Gasteiger partial charge in [0.2, 0.25) is 5.91 Å². The molecule has 1 amide bonds. The van der Waals surface area contributed by atoms with Gasteiger partial charge in [0.1, 0.15) is 11.9 Å². The van der Waals surface area contributed by atoms with Crippen molar-refractivity contribution in [3.63, 3.8) is 0 Å². The summed E-state index contributed by atoms with van der Waals surface area (Å²) in [4.78, 5) is 13.4. The van der Waals surface area contributed by atoms with Crippen LogP contribution in [0.25, 0.3) is 0 Å². The smallest absolute Gasteiger partial charge is 0.248 e. The lowest BCUT2D eigenvalue weighted by molar-refractivity contribution is 0.100. The monoisotopic (exact) mass is 330 g/mol. The second kappa shape index (κ2) is 7.02. The van der Waals surface area contributed by atoms with Crippen LogP contribution < -0.4 is 10.5 Å². The van der Waals surface area contributed by atoms with E-state index >= 15 is 0 Å². The fourth-order valence-corrected chi connectivity index (χ4v) is 2.97. The molecule has 0 aromatic heterocycles. The Morgan fingerprint density at radius 1 is 1.22 bits per heavy atom. The number of benzene rings is 2. The lowest BCUT2D eigenvalue weighted by atomic mass is 10.1. The molecular weight excluding hydrogens is 312 g/mol. The molecule has 0 aliphatic carbocycles. The first-order valence-electron chi connectivity index (χ1n) is 7.64. The number of hydrogen-bond acceptors (Lipinski definition) is 3. The van der Waals surface area contributed by atoms with Gasteiger partial charge < -0.3 is 10.5 Å². The van der Waals surface area contributed by atoms with Crippen LogP contribution >= 0.6 is 11.6 Å². The Bertz CT molecular complexity index is 688. The highest BCUT2D eigenvalue weighted by Gasteiger charge is 2.24. The van der Waals surface area contributed by atoms with E-state index < -0.39 is 5.91 Å². The van der Waals surface area contributed by atoms with Gasteiger partial charge in [-0.2, -0.15) is 0 Å². The number of ether oxygens (including phenoxy) is 1. The third-order valence-corrected chi connectivity index (χ3v) is 4.32. The summed E-state index contributed by atoms with van der Waals surface area (Å²) in [5.74, 6) is 0.345. The van der Waals surface area contributed by atoms with Crippen molar-refractivity contribution in [2.24, 2.45) is 5.73 Å². The van der Waals surface area contributed by atoms with Crippen molar-refractivity contribution in [3.05, 3.63) is 64.7 Å². The van der Waals surface area contributed by atoms with Gasteiger partial charge in [0.25, 0.3) is 0 Å². The molecule has 0 radical (unpaired) electrons. The number of halogens is 1. The van der Waals surface area contributed by atoms with Crippen LogP contribution in [0.2, 0.25) is 5.02 Å². The Labute approximate surface area is 140 Å². The number of nitrogens with zero attached hydrogens (tertiary/aromatic N) is 1. The molecule has 4 nitrogen and oxygen atoms in total. The van der Waals surface area contributed by atoms with E-state index in [1.54, 1.807) is 12.1 Å². The Kier molecular flexibility index (Phi) is 4.84. The van der Waals surface area contributed by atoms with E-state index in [9.17, 15) is 4.79 Å². The first-order chi connectivity index (χ1) is 11.1. The first kappa shape index (κ1) is 15.8. The van der Waals surface area contributed by atoms with Crippen molar-refractivity contribution in [3.8, 4) is 5.75 Å². The predicted molar refractivity (Wildman–Crippen MR) is 90.7 cm³/mol. The number of para-hydroxylation sites is 1. The van der Waals surface area contributed by atoms with Crippen LogP contribution in [0, 0.1) is 0 Å². The summed E-state index contributed by atoms with van der Waals surface area (Å²) >= 11 is 6.13. The van der Waals surface area contributed by atoms with Crippen LogP contribution in [-0.2, 0) is 6.54 Å². The minimum Gasteiger partial charge on any atom is -0.487 e. The Hall–Kier alpha value is -2.04. The van der Waals surface area contributed by atoms with E-state index in [1.165, 1.54) is 0 Å². The molecule has 2 N–H and O–H groups in total. The van der Waals surface area contributed by atoms with Gasteiger partial charge in [0, 0.05) is 25.2 Å². The van der Waals surface area contributed by atoms with Crippen molar-refractivity contribution in [1.82, 2.24) is 4.90 Å². The molecule has 0 saturated carbocycles. The van der Waals surface area contributed by atoms with E-state index in [4.69, 9.17) is 22.1 Å². The summed E-state index contributed by atoms with van der Waals surface area (Å²) in [6, 6.07) is 15.0. The fourth-order valence-electron chi connectivity index (χ4n) is 2.79. The minimum atomic E-state index is -0.397. The summed E-state index contributed by atoms with van der Waals surface area (Å²) in [5.41, 5.74) is 6.95. The number of likely N-dealkylation sites (tertiary alicyclic amines) is 1. The van der Waals surface area contributed by atoms with E-state index in [2.05, 4.69) is 4.90 Å². The molecular formula is C18H19ClN2O2. The zero-order chi connectivity index (χ0) is 16.2. The van der Waals surface area contributed by atoms with Crippen molar-refractivity contribution in [2.75, 3.05) is 13.1 Å². The second-order valence-electron chi connectivity index (χ2n) is 5.76. The van der Waals surface area contributed by atoms with E-state index in [-0.39, 0.29) is 6.10 Å². The molecule has 0 spiro atoms. The zero-order valence-corrected chi connectivity index (χ0v) is 13.5. The third-order valence-electron chi connectivity index (χ3n) is 4.00. The molecule has 1 fully saturated rings. The summed E-state index contributed by atoms with van der Waals surface area (Å²) in [6.45, 7) is 2.68. The van der Waals surface area contributed by atoms with Crippen LogP contribution in [0.5, 0.6) is 5.75 Å². The molecule has 2 aromatic carbocycles. The van der Waals surface area contributed by atoms with Crippen LogP contribution in [0.4, 0.5) is 0 Å². The number of primary amides is 1. The molecule has 1 aliphatic heterocycles. The summed E-state index contributed by atoms with van der Waals surface area (Å²) in [6.07, 6.45) is 1.13. The molecule has 1 saturated heterocycles. The van der Waals surface area contributed by atoms with Crippen molar-refractivity contribution in [2.45, 2.75) is 19.1 Å². The normalized spacial score (nSPS) is 18.0. The highest BCUT2D eigenvalue weighted by molar-refractivity contribution is 6.32. The zero-order valence-electron chi connectivity index (χ0n) is 12.7. The Morgan fingerprint density at radius 3 is 2.65 bits per heavy atom. The third kappa shape index (κ3) is 4.03. The van der Waals surface area contributed by atoms with Gasteiger partial charge in [-0.25, -0.2) is 0 Å². The molecule has 1 atom stereocenters. The Balaban J connectivity index is 1.55. The molecule has 5 heteroatoms. The second-order valence-corrected chi connectivity index (χ2v) is 6.16. The van der Waals surface area contributed by atoms with Gasteiger partial charge in [-0.05, 0) is 36.2 Å². The van der Waals surface area contributed by atoms with Gasteiger partial charge >= 0.3 is 0 Å². The lowest BCUT2D eigenvalue weighted by Crippen LogP contribution is -2.24. The number of carbonyl (C=O) groups is 1. The van der Waals surface area contributed by atoms with Gasteiger partial charge in [-0.1, -0.05) is 35.9 Å². The average Bonchev–Trinajstić information content (AvgIpc) is 2.97. The van der Waals surface area contributed by atoms with Crippen molar-refractivity contribution >= 4 is 17.5 Å². The molecule has 120 valence electrons. The number of carbonyl (C=O) groups excluding carboxylic acids is 1. The largest absolute Gasteiger partial charge is 0.487 e. The van der Waals surface area contributed by atoms with Crippen molar-refractivity contribution < 1.29 is 9.53 Å². The number of nitrogens with two attached hydrogens (primary N) is 1. The highest BCUT2D eigenvalue weighted by atomic mass is 35.5. The number of rotatable bonds is 5. The molecule has 1 heterocycles. The molecule has 1 aliphatic rings. The van der Waals surface area contributed by atoms with Gasteiger partial charge in [-0.3, -0.25) is 9.69 Å². The van der Waals surface area contributed by atoms with E-state index in [0.717, 1.165) is 37.4 Å². The summed E-state index contributed by atoms with van der Waals surface area (Å²) < 4.78 is 5.99. The molecule has 0 bridgehead atoms. The summed E-state index contributed by atoms with van der Waals surface area (Å²) in [7, 11) is 0. The quantitative estimate of drug-likeness (QED) is 0.916. The highest BCUT2D eigenvalue weighted by Crippen LogP contribution is 2.26. The SMILES string of the molecule is NC(=O)c1ccc(CN2CCC(Oc3ccccc3Cl)C2)cc1. The van der Waals surface area contributed by atoms with Crippen LogP contribution in [0.3, 0.4) is 0 Å². The molecule has 23 heavy (non-hydrogen) atoms. The summed E-state index contributed by atoms with van der Waals surface area (Å²) in [5, 5.41) is 0.646. The predicted octanol–water partition coefficient (Wildman–Crippen LogP) is 3.09. The molecule has 2 aromatic rings. The first-order valence-corrected chi connectivity index (χ1v) is 8.02. The van der Waals surface area contributed by atoms with E-state index in [0.29, 0.717) is 10.6 Å². The van der Waals surface area contributed by atoms with Crippen LogP contribution in [0.15, 0.2) is 48.5 Å². The Morgan fingerprint density at radius 2 is 1.96 bits per heavy atom. The van der Waals surface area contributed by atoms with E-state index in [1.807, 2.05) is 36.4 Å². The maximum Gasteiger partial charge on any atom is 0.248 e. The van der Waals surface area contributed by atoms with Crippen LogP contribution in [-0.4, -0.2) is 30.0 Å². The van der Waals surface area contributed by atoms with Crippen LogP contribution in [0.1, 0.15) is 22.3 Å². The van der Waals surface area contributed by atoms with Gasteiger partial charge in [0.05, 0.1) is 5.02 Å². The minimum absolute atomic E-state index is 0.153. The maximum atomic E-state index is 11.1. The topological polar surface area (TPSA) is 55.6 Å². The standard InChI is InChI=1S/C18H19ClN2O2/c19-16-3-1-2-4-17(16)23-15-9-10-21(12-15)11-13-5-7-14(8-6-13)18(20)22/h1-8,15H,9-12H2,(H2,20,22). The average molecular weight is 331 g/mol. The van der Waals surface area contributed by atoms with Crippen molar-refractivity contribution in [1.29, 1.82) is 0 Å². The lowest BCUT2D eigenvalue weighted by Gasteiger charge is -2.17.